The Hall–Kier alpha value is -1.87. The van der Waals surface area contributed by atoms with Gasteiger partial charge in [0.1, 0.15) is 0 Å². The summed E-state index contributed by atoms with van der Waals surface area (Å²) < 4.78 is 25.1. The first kappa shape index (κ1) is 21.4. The molecule has 1 aromatic heterocycles. The van der Waals surface area contributed by atoms with Crippen molar-refractivity contribution in [2.24, 2.45) is 0 Å². The predicted molar refractivity (Wildman–Crippen MR) is 119 cm³/mol. The molecule has 9 heteroatoms. The van der Waals surface area contributed by atoms with Crippen molar-refractivity contribution in [3.8, 4) is 0 Å². The number of para-hydroxylation sites is 1. The topological polar surface area (TPSA) is 98.1 Å². The molecule has 162 valence electrons. The number of hydrogen-bond donors (Lipinski definition) is 1. The zero-order valence-electron chi connectivity index (χ0n) is 17.0. The van der Waals surface area contributed by atoms with Gasteiger partial charge in [0.2, 0.25) is 5.91 Å². The lowest BCUT2D eigenvalue weighted by Crippen LogP contribution is -2.40. The number of benzene rings is 1. The summed E-state index contributed by atoms with van der Waals surface area (Å²) in [5.74, 6) is -0.107. The lowest BCUT2D eigenvalue weighted by atomic mass is 9.95. The molecule has 1 amide bonds. The predicted octanol–water partition coefficient (Wildman–Crippen LogP) is 2.69. The lowest BCUT2D eigenvalue weighted by molar-refractivity contribution is -0.120. The summed E-state index contributed by atoms with van der Waals surface area (Å²) in [5.41, 5.74) is 0.580. The highest BCUT2D eigenvalue weighted by atomic mass is 32.2. The second kappa shape index (κ2) is 8.70. The number of amides is 1. The van der Waals surface area contributed by atoms with E-state index in [-0.39, 0.29) is 35.1 Å². The van der Waals surface area contributed by atoms with Gasteiger partial charge in [0.05, 0.1) is 27.7 Å². The number of sulfone groups is 1. The molecular weight excluding hydrogens is 422 g/mol. The van der Waals surface area contributed by atoms with Crippen LogP contribution in [0.1, 0.15) is 51.5 Å². The van der Waals surface area contributed by atoms with Gasteiger partial charge in [-0.25, -0.2) is 13.4 Å². The first-order valence-electron chi connectivity index (χ1n) is 10.5. The van der Waals surface area contributed by atoms with Crippen LogP contribution in [0.4, 0.5) is 0 Å². The van der Waals surface area contributed by atoms with E-state index in [1.54, 1.807) is 17.6 Å². The van der Waals surface area contributed by atoms with Gasteiger partial charge in [-0.05, 0) is 38.3 Å². The Labute approximate surface area is 180 Å². The molecule has 2 atom stereocenters. The van der Waals surface area contributed by atoms with Crippen molar-refractivity contribution < 1.29 is 13.2 Å². The number of hydrogen-bond acceptors (Lipinski definition) is 6. The number of carbonyl (C=O) groups is 1. The third-order valence-corrected chi connectivity index (χ3v) is 8.78. The van der Waals surface area contributed by atoms with E-state index < -0.39 is 15.1 Å². The molecule has 2 heterocycles. The van der Waals surface area contributed by atoms with Crippen molar-refractivity contribution >= 4 is 38.4 Å². The Kier molecular flexibility index (Phi) is 6.20. The Morgan fingerprint density at radius 3 is 2.63 bits per heavy atom. The third kappa shape index (κ3) is 4.56. The fourth-order valence-electron chi connectivity index (χ4n) is 4.31. The van der Waals surface area contributed by atoms with Gasteiger partial charge in [0, 0.05) is 12.1 Å². The smallest absolute Gasteiger partial charge is 0.262 e. The number of nitrogens with zero attached hydrogens (tertiary/aromatic N) is 2. The van der Waals surface area contributed by atoms with Gasteiger partial charge < -0.3 is 5.32 Å². The number of thioether (sulfide) groups is 1. The Morgan fingerprint density at radius 1 is 1.20 bits per heavy atom. The SMILES string of the molecule is CC(Sc1nc2ccccc2c(=O)n1C1CCCCC1)C(=O)NC1CCS(=O)(=O)C1. The number of fused-ring (bicyclic) bond motifs is 1. The largest absolute Gasteiger partial charge is 0.351 e. The number of carbonyl (C=O) groups excluding carboxylic acids is 1. The molecule has 1 aliphatic heterocycles. The minimum absolute atomic E-state index is 0.00284. The van der Waals surface area contributed by atoms with Gasteiger partial charge >= 0.3 is 0 Å². The molecule has 1 aromatic carbocycles. The molecular formula is C21H27N3O4S2. The quantitative estimate of drug-likeness (QED) is 0.557. The second-order valence-corrected chi connectivity index (χ2v) is 11.8. The zero-order chi connectivity index (χ0) is 21.3. The van der Waals surface area contributed by atoms with Crippen LogP contribution in [0.2, 0.25) is 0 Å². The van der Waals surface area contributed by atoms with E-state index in [1.165, 1.54) is 18.2 Å². The number of nitrogens with one attached hydrogen (secondary N) is 1. The molecule has 1 saturated heterocycles. The fourth-order valence-corrected chi connectivity index (χ4v) is 6.97. The van der Waals surface area contributed by atoms with Crippen molar-refractivity contribution in [1.82, 2.24) is 14.9 Å². The second-order valence-electron chi connectivity index (χ2n) is 8.25. The number of rotatable bonds is 5. The molecule has 1 aliphatic carbocycles. The van der Waals surface area contributed by atoms with Crippen LogP contribution in [-0.2, 0) is 14.6 Å². The molecule has 7 nitrogen and oxygen atoms in total. The Morgan fingerprint density at radius 2 is 1.93 bits per heavy atom. The molecule has 1 N–H and O–H groups in total. The van der Waals surface area contributed by atoms with Crippen LogP contribution < -0.4 is 10.9 Å². The summed E-state index contributed by atoms with van der Waals surface area (Å²) in [7, 11) is -3.06. The van der Waals surface area contributed by atoms with E-state index in [2.05, 4.69) is 5.32 Å². The molecule has 2 fully saturated rings. The molecule has 0 radical (unpaired) electrons. The molecule has 1 saturated carbocycles. The average molecular weight is 450 g/mol. The average Bonchev–Trinajstić information content (AvgIpc) is 3.07. The molecule has 4 rings (SSSR count). The first-order valence-corrected chi connectivity index (χ1v) is 13.2. The van der Waals surface area contributed by atoms with Crippen LogP contribution in [-0.4, -0.2) is 46.7 Å². The standard InChI is InChI=1S/C21H27N3O4S2/c1-14(19(25)22-15-11-12-30(27,28)13-15)29-21-23-18-10-6-5-9-17(18)20(26)24(21)16-7-3-2-4-8-16/h5-6,9-10,14-16H,2-4,7-8,11-13H2,1H3,(H,22,25). The minimum Gasteiger partial charge on any atom is -0.351 e. The van der Waals surface area contributed by atoms with Crippen LogP contribution >= 0.6 is 11.8 Å². The highest BCUT2D eigenvalue weighted by Gasteiger charge is 2.31. The van der Waals surface area contributed by atoms with Crippen molar-refractivity contribution in [3.05, 3.63) is 34.6 Å². The molecule has 0 bridgehead atoms. The molecule has 30 heavy (non-hydrogen) atoms. The maximum absolute atomic E-state index is 13.3. The highest BCUT2D eigenvalue weighted by molar-refractivity contribution is 8.00. The van der Waals surface area contributed by atoms with Crippen LogP contribution in [0.3, 0.4) is 0 Å². The van der Waals surface area contributed by atoms with E-state index >= 15 is 0 Å². The van der Waals surface area contributed by atoms with Gasteiger partial charge in [-0.1, -0.05) is 43.2 Å². The molecule has 2 aliphatic rings. The Balaban J connectivity index is 1.60. The maximum atomic E-state index is 13.3. The third-order valence-electron chi connectivity index (χ3n) is 5.95. The normalized spacial score (nSPS) is 22.8. The molecule has 2 unspecified atom stereocenters. The van der Waals surface area contributed by atoms with Crippen LogP contribution in [0.15, 0.2) is 34.2 Å². The van der Waals surface area contributed by atoms with Crippen LogP contribution in [0.25, 0.3) is 10.9 Å². The monoisotopic (exact) mass is 449 g/mol. The summed E-state index contributed by atoms with van der Waals surface area (Å²) in [6.45, 7) is 1.77. The van der Waals surface area contributed by atoms with Gasteiger partial charge in [0.25, 0.3) is 5.56 Å². The van der Waals surface area contributed by atoms with E-state index in [1.807, 2.05) is 18.2 Å². The molecule has 0 spiro atoms. The van der Waals surface area contributed by atoms with Crippen molar-refractivity contribution in [2.45, 2.75) is 67.9 Å². The van der Waals surface area contributed by atoms with Crippen LogP contribution in [0.5, 0.6) is 0 Å². The summed E-state index contributed by atoms with van der Waals surface area (Å²) in [4.78, 5) is 30.7. The van der Waals surface area contributed by atoms with E-state index in [0.717, 1.165) is 25.7 Å². The zero-order valence-corrected chi connectivity index (χ0v) is 18.7. The van der Waals surface area contributed by atoms with Crippen LogP contribution in [0, 0.1) is 0 Å². The van der Waals surface area contributed by atoms with Gasteiger partial charge in [0.15, 0.2) is 15.0 Å². The Bertz CT molecular complexity index is 1110. The molecule has 2 aromatic rings. The summed E-state index contributed by atoms with van der Waals surface area (Å²) in [5, 5.41) is 3.52. The van der Waals surface area contributed by atoms with Crippen molar-refractivity contribution in [3.63, 3.8) is 0 Å². The first-order chi connectivity index (χ1) is 14.3. The summed E-state index contributed by atoms with van der Waals surface area (Å²) in [6, 6.07) is 7.08. The van der Waals surface area contributed by atoms with E-state index in [4.69, 9.17) is 4.98 Å². The van der Waals surface area contributed by atoms with E-state index in [0.29, 0.717) is 22.5 Å². The van der Waals surface area contributed by atoms with Gasteiger partial charge in [-0.15, -0.1) is 0 Å². The van der Waals surface area contributed by atoms with Gasteiger partial charge in [-0.2, -0.15) is 0 Å². The van der Waals surface area contributed by atoms with Gasteiger partial charge in [-0.3, -0.25) is 14.2 Å². The minimum atomic E-state index is -3.06. The summed E-state index contributed by atoms with van der Waals surface area (Å²) in [6.07, 6.45) is 5.67. The maximum Gasteiger partial charge on any atom is 0.262 e. The van der Waals surface area contributed by atoms with Crippen molar-refractivity contribution in [2.75, 3.05) is 11.5 Å². The fraction of sp³-hybridized carbons (Fsp3) is 0.571. The number of aromatic nitrogens is 2. The van der Waals surface area contributed by atoms with Crippen molar-refractivity contribution in [1.29, 1.82) is 0 Å². The summed E-state index contributed by atoms with van der Waals surface area (Å²) >= 11 is 1.27. The van der Waals surface area contributed by atoms with E-state index in [9.17, 15) is 18.0 Å². The lowest BCUT2D eigenvalue weighted by Gasteiger charge is -2.27. The highest BCUT2D eigenvalue weighted by Crippen LogP contribution is 2.32.